The second kappa shape index (κ2) is 6.92. The molecule has 2 unspecified atom stereocenters. The number of hydrogen-bond acceptors (Lipinski definition) is 2. The Morgan fingerprint density at radius 3 is 2.84 bits per heavy atom. The highest BCUT2D eigenvalue weighted by Gasteiger charge is 2.30. The second-order valence-electron chi connectivity index (χ2n) is 5.10. The van der Waals surface area contributed by atoms with Crippen molar-refractivity contribution in [1.29, 1.82) is 0 Å². The second-order valence-corrected chi connectivity index (χ2v) is 5.10. The van der Waals surface area contributed by atoms with E-state index in [2.05, 4.69) is 25.1 Å². The predicted molar refractivity (Wildman–Crippen MR) is 80.4 cm³/mol. The monoisotopic (exact) mass is 282 g/mol. The lowest BCUT2D eigenvalue weighted by molar-refractivity contribution is -0.133. The molecule has 0 fully saturated rings. The number of rotatable bonds is 4. The molecule has 2 rings (SSSR count). The lowest BCUT2D eigenvalue weighted by Crippen LogP contribution is -2.42. The molecule has 1 amide bonds. The zero-order valence-electron chi connectivity index (χ0n) is 11.6. The maximum absolute atomic E-state index is 12.2. The summed E-state index contributed by atoms with van der Waals surface area (Å²) < 4.78 is 0. The van der Waals surface area contributed by atoms with E-state index >= 15 is 0 Å². The van der Waals surface area contributed by atoms with Gasteiger partial charge in [-0.1, -0.05) is 37.6 Å². The number of likely N-dealkylation sites (N-methyl/N-ethyl adjacent to an activating group) is 1. The maximum Gasteiger partial charge on any atom is 0.239 e. The molecule has 1 aliphatic carbocycles. The normalized spacial score (nSPS) is 18.4. The third kappa shape index (κ3) is 3.28. The standard InChI is InChI=1S/C15H22N2O.ClH/c1-3-6-13(16)15(18)17(2)14-10-9-11-7-4-5-8-12(11)14;/h4-5,7-8,13-14H,3,6,9-10,16H2,1-2H3;1H. The minimum absolute atomic E-state index is 0. The number of fused-ring (bicyclic) bond motifs is 1. The summed E-state index contributed by atoms with van der Waals surface area (Å²) in [5, 5.41) is 0. The molecule has 4 heteroatoms. The van der Waals surface area contributed by atoms with Crippen LogP contribution in [-0.2, 0) is 11.2 Å². The van der Waals surface area contributed by atoms with Crippen molar-refractivity contribution >= 4 is 18.3 Å². The molecule has 19 heavy (non-hydrogen) atoms. The van der Waals surface area contributed by atoms with Crippen LogP contribution >= 0.6 is 12.4 Å². The van der Waals surface area contributed by atoms with Crippen LogP contribution in [0.5, 0.6) is 0 Å². The molecule has 0 bridgehead atoms. The van der Waals surface area contributed by atoms with E-state index < -0.39 is 0 Å². The van der Waals surface area contributed by atoms with Crippen LogP contribution in [0.15, 0.2) is 24.3 Å². The van der Waals surface area contributed by atoms with Gasteiger partial charge in [0.05, 0.1) is 12.1 Å². The fourth-order valence-electron chi connectivity index (χ4n) is 2.79. The highest BCUT2D eigenvalue weighted by atomic mass is 35.5. The highest BCUT2D eigenvalue weighted by molar-refractivity contribution is 5.85. The fourth-order valence-corrected chi connectivity index (χ4v) is 2.79. The molecule has 3 nitrogen and oxygen atoms in total. The van der Waals surface area contributed by atoms with E-state index in [0.717, 1.165) is 25.7 Å². The Hall–Kier alpha value is -1.06. The van der Waals surface area contributed by atoms with E-state index in [0.29, 0.717) is 0 Å². The molecular weight excluding hydrogens is 260 g/mol. The van der Waals surface area contributed by atoms with Crippen LogP contribution in [0.25, 0.3) is 0 Å². The molecule has 0 aliphatic heterocycles. The van der Waals surface area contributed by atoms with Crippen molar-refractivity contribution in [3.63, 3.8) is 0 Å². The average molecular weight is 283 g/mol. The van der Waals surface area contributed by atoms with Crippen LogP contribution in [0.3, 0.4) is 0 Å². The summed E-state index contributed by atoms with van der Waals surface area (Å²) in [7, 11) is 1.88. The molecule has 1 aliphatic rings. The minimum Gasteiger partial charge on any atom is -0.337 e. The summed E-state index contributed by atoms with van der Waals surface area (Å²) in [6.45, 7) is 2.05. The molecule has 2 N–H and O–H groups in total. The summed E-state index contributed by atoms with van der Waals surface area (Å²) in [6, 6.07) is 8.24. The van der Waals surface area contributed by atoms with Crippen LogP contribution in [0.2, 0.25) is 0 Å². The van der Waals surface area contributed by atoms with Gasteiger partial charge in [0.1, 0.15) is 0 Å². The van der Waals surface area contributed by atoms with Crippen LogP contribution in [-0.4, -0.2) is 23.9 Å². The summed E-state index contributed by atoms with van der Waals surface area (Å²) in [4.78, 5) is 14.1. The molecule has 0 radical (unpaired) electrons. The van der Waals surface area contributed by atoms with Crippen molar-refractivity contribution in [2.45, 2.75) is 44.7 Å². The van der Waals surface area contributed by atoms with Crippen molar-refractivity contribution in [1.82, 2.24) is 4.90 Å². The summed E-state index contributed by atoms with van der Waals surface area (Å²) in [5.74, 6) is 0.0681. The number of aryl methyl sites for hydroxylation is 1. The highest BCUT2D eigenvalue weighted by Crippen LogP contribution is 2.34. The van der Waals surface area contributed by atoms with Gasteiger partial charge in [-0.3, -0.25) is 4.79 Å². The lowest BCUT2D eigenvalue weighted by atomic mass is 10.1. The molecule has 0 saturated heterocycles. The van der Waals surface area contributed by atoms with Gasteiger partial charge >= 0.3 is 0 Å². The van der Waals surface area contributed by atoms with Gasteiger partial charge < -0.3 is 10.6 Å². The smallest absolute Gasteiger partial charge is 0.239 e. The zero-order chi connectivity index (χ0) is 13.1. The van der Waals surface area contributed by atoms with E-state index in [1.165, 1.54) is 11.1 Å². The Morgan fingerprint density at radius 1 is 1.47 bits per heavy atom. The van der Waals surface area contributed by atoms with Gasteiger partial charge in [-0.05, 0) is 30.4 Å². The van der Waals surface area contributed by atoms with Gasteiger partial charge in [-0.15, -0.1) is 12.4 Å². The van der Waals surface area contributed by atoms with Crippen molar-refractivity contribution in [3.05, 3.63) is 35.4 Å². The van der Waals surface area contributed by atoms with E-state index in [9.17, 15) is 4.79 Å². The molecule has 0 saturated carbocycles. The van der Waals surface area contributed by atoms with Crippen molar-refractivity contribution in [3.8, 4) is 0 Å². The molecular formula is C15H23ClN2O. The lowest BCUT2D eigenvalue weighted by Gasteiger charge is -2.28. The number of amides is 1. The first-order chi connectivity index (χ1) is 8.65. The number of carbonyl (C=O) groups is 1. The van der Waals surface area contributed by atoms with Gasteiger partial charge in [0.25, 0.3) is 0 Å². The first-order valence-corrected chi connectivity index (χ1v) is 6.75. The molecule has 2 atom stereocenters. The summed E-state index contributed by atoms with van der Waals surface area (Å²) in [6.07, 6.45) is 3.78. The topological polar surface area (TPSA) is 46.3 Å². The van der Waals surface area contributed by atoms with Crippen molar-refractivity contribution in [2.24, 2.45) is 5.73 Å². The van der Waals surface area contributed by atoms with Crippen LogP contribution in [0.1, 0.15) is 43.4 Å². The van der Waals surface area contributed by atoms with Gasteiger partial charge in [0, 0.05) is 7.05 Å². The van der Waals surface area contributed by atoms with Crippen molar-refractivity contribution < 1.29 is 4.79 Å². The Labute approximate surface area is 121 Å². The van der Waals surface area contributed by atoms with E-state index in [-0.39, 0.29) is 30.4 Å². The number of hydrogen-bond donors (Lipinski definition) is 1. The van der Waals surface area contributed by atoms with Gasteiger partial charge in [0.2, 0.25) is 5.91 Å². The first kappa shape index (κ1) is 16.0. The van der Waals surface area contributed by atoms with Crippen molar-refractivity contribution in [2.75, 3.05) is 7.05 Å². The quantitative estimate of drug-likeness (QED) is 0.923. The molecule has 0 spiro atoms. The molecule has 106 valence electrons. The van der Waals surface area contributed by atoms with Gasteiger partial charge in [0.15, 0.2) is 0 Å². The van der Waals surface area contributed by atoms with E-state index in [1.54, 1.807) is 0 Å². The first-order valence-electron chi connectivity index (χ1n) is 6.75. The number of nitrogens with two attached hydrogens (primary N) is 1. The molecule has 0 heterocycles. The number of benzene rings is 1. The maximum atomic E-state index is 12.2. The number of carbonyl (C=O) groups excluding carboxylic acids is 1. The fraction of sp³-hybridized carbons (Fsp3) is 0.533. The van der Waals surface area contributed by atoms with Gasteiger partial charge in [-0.25, -0.2) is 0 Å². The Kier molecular flexibility index (Phi) is 5.83. The summed E-state index contributed by atoms with van der Waals surface area (Å²) in [5.41, 5.74) is 8.58. The number of nitrogens with zero attached hydrogens (tertiary/aromatic N) is 1. The average Bonchev–Trinajstić information content (AvgIpc) is 2.81. The third-order valence-corrected chi connectivity index (χ3v) is 3.83. The third-order valence-electron chi connectivity index (χ3n) is 3.83. The van der Waals surface area contributed by atoms with Crippen LogP contribution < -0.4 is 5.73 Å². The zero-order valence-corrected chi connectivity index (χ0v) is 12.5. The van der Waals surface area contributed by atoms with Crippen LogP contribution in [0.4, 0.5) is 0 Å². The van der Waals surface area contributed by atoms with Crippen LogP contribution in [0, 0.1) is 0 Å². The summed E-state index contributed by atoms with van der Waals surface area (Å²) >= 11 is 0. The predicted octanol–water partition coefficient (Wildman–Crippen LogP) is 2.68. The van der Waals surface area contributed by atoms with Gasteiger partial charge in [-0.2, -0.15) is 0 Å². The Bertz CT molecular complexity index is 436. The van der Waals surface area contributed by atoms with E-state index in [4.69, 9.17) is 5.73 Å². The Balaban J connectivity index is 0.00000180. The Morgan fingerprint density at radius 2 is 2.16 bits per heavy atom. The molecule has 1 aromatic rings. The minimum atomic E-state index is -0.354. The SMILES string of the molecule is CCCC(N)C(=O)N(C)C1CCc2ccccc21.Cl. The largest absolute Gasteiger partial charge is 0.337 e. The number of halogens is 1. The molecule has 1 aromatic carbocycles. The molecule has 0 aromatic heterocycles. The van der Waals surface area contributed by atoms with E-state index in [1.807, 2.05) is 18.0 Å².